The fraction of sp³-hybridized carbons (Fsp3) is 0.607. The lowest BCUT2D eigenvalue weighted by atomic mass is 9.91. The Kier molecular flexibility index (Phi) is 10.1. The van der Waals surface area contributed by atoms with Gasteiger partial charge >= 0.3 is 5.97 Å². The minimum absolute atomic E-state index is 0.138. The minimum atomic E-state index is -1.00. The standard InChI is InChI=1S/C28H42N2O4Si/c1-6-14-35(4,5)15-8-7-13-32-24-11-9-22(10-12-24)28-29-18-25(19-30-28)33-20-26-23(16-21(2)3)17-27(31)34-26/h9-12,18-19,21,23,26H,6-8,13-17,20H2,1-5H3. The van der Waals surface area contributed by atoms with Gasteiger partial charge in [0, 0.05) is 19.6 Å². The molecule has 2 aromatic rings. The Morgan fingerprint density at radius 2 is 1.74 bits per heavy atom. The second kappa shape index (κ2) is 13.0. The van der Waals surface area contributed by atoms with Crippen molar-refractivity contribution in [3.05, 3.63) is 36.7 Å². The van der Waals surface area contributed by atoms with E-state index >= 15 is 0 Å². The van der Waals surface area contributed by atoms with Crippen molar-refractivity contribution in [2.75, 3.05) is 13.2 Å². The molecule has 6 nitrogen and oxygen atoms in total. The van der Waals surface area contributed by atoms with Gasteiger partial charge in [-0.1, -0.05) is 58.8 Å². The van der Waals surface area contributed by atoms with Gasteiger partial charge in [0.2, 0.25) is 0 Å². The molecule has 0 N–H and O–H groups in total. The van der Waals surface area contributed by atoms with Gasteiger partial charge in [-0.15, -0.1) is 0 Å². The molecule has 1 saturated heterocycles. The molecule has 1 fully saturated rings. The van der Waals surface area contributed by atoms with Crippen LogP contribution in [0.3, 0.4) is 0 Å². The maximum Gasteiger partial charge on any atom is 0.306 e. The Morgan fingerprint density at radius 1 is 1.03 bits per heavy atom. The first kappa shape index (κ1) is 27.2. The van der Waals surface area contributed by atoms with E-state index in [9.17, 15) is 4.79 Å². The largest absolute Gasteiger partial charge is 0.494 e. The smallest absolute Gasteiger partial charge is 0.306 e. The van der Waals surface area contributed by atoms with Crippen molar-refractivity contribution in [2.24, 2.45) is 11.8 Å². The van der Waals surface area contributed by atoms with Crippen LogP contribution in [0.2, 0.25) is 25.2 Å². The highest BCUT2D eigenvalue weighted by molar-refractivity contribution is 6.77. The normalized spacial score (nSPS) is 18.1. The van der Waals surface area contributed by atoms with Crippen LogP contribution in [0.25, 0.3) is 11.4 Å². The van der Waals surface area contributed by atoms with Crippen molar-refractivity contribution < 1.29 is 19.0 Å². The van der Waals surface area contributed by atoms with Gasteiger partial charge < -0.3 is 14.2 Å². The third kappa shape index (κ3) is 8.95. The van der Waals surface area contributed by atoms with Gasteiger partial charge in [-0.05, 0) is 43.0 Å². The molecule has 1 aromatic heterocycles. The topological polar surface area (TPSA) is 70.5 Å². The molecule has 2 heterocycles. The summed E-state index contributed by atoms with van der Waals surface area (Å²) in [5.41, 5.74) is 0.929. The molecular weight excluding hydrogens is 456 g/mol. The highest BCUT2D eigenvalue weighted by Gasteiger charge is 2.35. The fourth-order valence-corrected chi connectivity index (χ4v) is 7.60. The number of ether oxygens (including phenoxy) is 3. The molecule has 3 rings (SSSR count). The van der Waals surface area contributed by atoms with Gasteiger partial charge in [-0.2, -0.15) is 0 Å². The summed E-state index contributed by atoms with van der Waals surface area (Å²) in [5, 5.41) is 0. The summed E-state index contributed by atoms with van der Waals surface area (Å²) in [4.78, 5) is 20.6. The average molecular weight is 499 g/mol. The van der Waals surface area contributed by atoms with Gasteiger partial charge in [-0.3, -0.25) is 4.79 Å². The second-order valence-corrected chi connectivity index (χ2v) is 16.2. The molecule has 0 saturated carbocycles. The van der Waals surface area contributed by atoms with Crippen LogP contribution in [0.4, 0.5) is 0 Å². The lowest BCUT2D eigenvalue weighted by molar-refractivity contribution is -0.142. The lowest BCUT2D eigenvalue weighted by Crippen LogP contribution is -2.25. The van der Waals surface area contributed by atoms with E-state index in [4.69, 9.17) is 14.2 Å². The number of aromatic nitrogens is 2. The number of cyclic esters (lactones) is 1. The van der Waals surface area contributed by atoms with Gasteiger partial charge in [-0.25, -0.2) is 9.97 Å². The van der Waals surface area contributed by atoms with Gasteiger partial charge in [0.25, 0.3) is 0 Å². The molecule has 1 aliphatic rings. The van der Waals surface area contributed by atoms with Crippen molar-refractivity contribution in [1.29, 1.82) is 0 Å². The molecule has 2 unspecified atom stereocenters. The van der Waals surface area contributed by atoms with Gasteiger partial charge in [0.1, 0.15) is 18.5 Å². The Morgan fingerprint density at radius 3 is 2.40 bits per heavy atom. The highest BCUT2D eigenvalue weighted by atomic mass is 28.3. The Hall–Kier alpha value is -2.41. The monoisotopic (exact) mass is 498 g/mol. The number of carbonyl (C=O) groups excluding carboxylic acids is 1. The average Bonchev–Trinajstić information content (AvgIpc) is 3.16. The molecule has 0 spiro atoms. The zero-order valence-electron chi connectivity index (χ0n) is 22.1. The number of carbonyl (C=O) groups is 1. The maximum atomic E-state index is 11.7. The molecule has 7 heteroatoms. The third-order valence-electron chi connectivity index (χ3n) is 6.61. The molecule has 0 bridgehead atoms. The summed E-state index contributed by atoms with van der Waals surface area (Å²) in [6.07, 6.45) is 8.22. The van der Waals surface area contributed by atoms with E-state index in [0.717, 1.165) is 30.8 Å². The number of unbranched alkanes of at least 4 members (excludes halogenated alkanes) is 1. The number of nitrogens with zero attached hydrogens (tertiary/aromatic N) is 2. The Balaban J connectivity index is 1.43. The maximum absolute atomic E-state index is 11.7. The third-order valence-corrected chi connectivity index (χ3v) is 10.2. The van der Waals surface area contributed by atoms with Crippen LogP contribution in [0, 0.1) is 11.8 Å². The predicted molar refractivity (Wildman–Crippen MR) is 143 cm³/mol. The number of esters is 1. The summed E-state index contributed by atoms with van der Waals surface area (Å²) in [6.45, 7) is 12.7. The zero-order valence-corrected chi connectivity index (χ0v) is 23.1. The van der Waals surface area contributed by atoms with Crippen molar-refractivity contribution in [1.82, 2.24) is 9.97 Å². The molecule has 192 valence electrons. The first-order chi connectivity index (χ1) is 16.8. The number of hydrogen-bond donors (Lipinski definition) is 0. The van der Waals surface area contributed by atoms with Crippen LogP contribution in [-0.4, -0.2) is 43.3 Å². The van der Waals surface area contributed by atoms with Crippen molar-refractivity contribution in [2.45, 2.75) is 84.2 Å². The predicted octanol–water partition coefficient (Wildman–Crippen LogP) is 6.78. The van der Waals surface area contributed by atoms with Crippen molar-refractivity contribution in [3.63, 3.8) is 0 Å². The molecule has 0 radical (unpaired) electrons. The fourth-order valence-electron chi connectivity index (χ4n) is 4.79. The molecule has 0 aliphatic carbocycles. The summed E-state index contributed by atoms with van der Waals surface area (Å²) in [6, 6.07) is 10.7. The Labute approximate surface area is 211 Å². The van der Waals surface area contributed by atoms with E-state index in [-0.39, 0.29) is 18.0 Å². The number of benzene rings is 1. The zero-order chi connectivity index (χ0) is 25.3. The number of hydrogen-bond acceptors (Lipinski definition) is 6. The molecule has 1 aliphatic heterocycles. The molecule has 35 heavy (non-hydrogen) atoms. The van der Waals surface area contributed by atoms with Crippen LogP contribution in [0.5, 0.6) is 11.5 Å². The molecular formula is C28H42N2O4Si. The van der Waals surface area contributed by atoms with Crippen LogP contribution in [0.15, 0.2) is 36.7 Å². The van der Waals surface area contributed by atoms with Crippen molar-refractivity contribution in [3.8, 4) is 22.9 Å². The first-order valence-corrected chi connectivity index (χ1v) is 16.5. The number of rotatable bonds is 14. The highest BCUT2D eigenvalue weighted by Crippen LogP contribution is 2.29. The summed E-state index contributed by atoms with van der Waals surface area (Å²) >= 11 is 0. The van der Waals surface area contributed by atoms with Crippen LogP contribution in [0.1, 0.15) is 52.9 Å². The SMILES string of the molecule is CCC[Si](C)(C)CCCCOc1ccc(-c2ncc(OCC3OC(=O)CC3CC(C)C)cn2)cc1. The van der Waals surface area contributed by atoms with E-state index < -0.39 is 8.07 Å². The second-order valence-electron chi connectivity index (χ2n) is 10.9. The van der Waals surface area contributed by atoms with Crippen LogP contribution in [-0.2, 0) is 9.53 Å². The van der Waals surface area contributed by atoms with Crippen LogP contribution < -0.4 is 9.47 Å². The quantitative estimate of drug-likeness (QED) is 0.162. The van der Waals surface area contributed by atoms with Crippen LogP contribution >= 0.6 is 0 Å². The molecule has 2 atom stereocenters. The summed E-state index contributed by atoms with van der Waals surface area (Å²) in [7, 11) is -1.00. The van der Waals surface area contributed by atoms with E-state index in [1.165, 1.54) is 24.9 Å². The Bertz CT molecular complexity index is 916. The molecule has 1 aromatic carbocycles. The van der Waals surface area contributed by atoms with E-state index in [1.807, 2.05) is 24.3 Å². The van der Waals surface area contributed by atoms with Crippen molar-refractivity contribution >= 4 is 14.0 Å². The van der Waals surface area contributed by atoms with E-state index in [0.29, 0.717) is 30.5 Å². The van der Waals surface area contributed by atoms with E-state index in [1.54, 1.807) is 12.4 Å². The summed E-state index contributed by atoms with van der Waals surface area (Å²) in [5.74, 6) is 2.67. The van der Waals surface area contributed by atoms with E-state index in [2.05, 4.69) is 43.8 Å². The lowest BCUT2D eigenvalue weighted by Gasteiger charge is -2.21. The molecule has 0 amide bonds. The van der Waals surface area contributed by atoms with Gasteiger partial charge in [0.05, 0.1) is 25.4 Å². The van der Waals surface area contributed by atoms with Gasteiger partial charge in [0.15, 0.2) is 11.6 Å². The minimum Gasteiger partial charge on any atom is -0.494 e. The first-order valence-electron chi connectivity index (χ1n) is 13.1. The summed E-state index contributed by atoms with van der Waals surface area (Å²) < 4.78 is 17.2.